The zero-order valence-electron chi connectivity index (χ0n) is 8.94. The van der Waals surface area contributed by atoms with E-state index in [0.717, 1.165) is 5.69 Å². The first kappa shape index (κ1) is 11.3. The molecule has 0 heterocycles. The number of nitrogen functional groups attached to an aromatic ring is 1. The van der Waals surface area contributed by atoms with Gasteiger partial charge in [0.15, 0.2) is 0 Å². The van der Waals surface area contributed by atoms with Gasteiger partial charge < -0.3 is 11.1 Å². The molecule has 2 aromatic carbocycles. The summed E-state index contributed by atoms with van der Waals surface area (Å²) < 4.78 is 0. The zero-order chi connectivity index (χ0) is 12.3. The molecule has 3 N–H and O–H groups in total. The highest BCUT2D eigenvalue weighted by molar-refractivity contribution is 6.35. The summed E-state index contributed by atoms with van der Waals surface area (Å²) in [7, 11) is 0. The van der Waals surface area contributed by atoms with Gasteiger partial charge in [-0.15, -0.1) is 0 Å². The van der Waals surface area contributed by atoms with E-state index in [1.54, 1.807) is 12.1 Å². The number of nitrogens with one attached hydrogen (secondary N) is 1. The maximum Gasteiger partial charge on any atom is 0.101 e. The second-order valence-corrected chi connectivity index (χ2v) is 3.87. The standard InChI is InChI=1S/C13H10ClN3/c14-12-9(8-15)6-7-11(13(12)16)17-10-4-2-1-3-5-10/h1-7,17H,16H2. The minimum Gasteiger partial charge on any atom is -0.396 e. The third-order valence-corrected chi connectivity index (χ3v) is 2.76. The van der Waals surface area contributed by atoms with Crippen LogP contribution in [-0.2, 0) is 0 Å². The van der Waals surface area contributed by atoms with Crippen molar-refractivity contribution in [1.82, 2.24) is 0 Å². The fraction of sp³-hybridized carbons (Fsp3) is 0. The Kier molecular flexibility index (Phi) is 3.17. The summed E-state index contributed by atoms with van der Waals surface area (Å²) in [5.74, 6) is 0. The number of para-hydroxylation sites is 1. The first-order valence-electron chi connectivity index (χ1n) is 5.02. The van der Waals surface area contributed by atoms with Gasteiger partial charge in [-0.05, 0) is 24.3 Å². The molecule has 0 aromatic heterocycles. The summed E-state index contributed by atoms with van der Waals surface area (Å²) in [6.07, 6.45) is 0. The van der Waals surface area contributed by atoms with Gasteiger partial charge in [0.25, 0.3) is 0 Å². The smallest absolute Gasteiger partial charge is 0.101 e. The van der Waals surface area contributed by atoms with E-state index in [0.29, 0.717) is 16.9 Å². The van der Waals surface area contributed by atoms with E-state index in [9.17, 15) is 0 Å². The van der Waals surface area contributed by atoms with Crippen LogP contribution in [0.15, 0.2) is 42.5 Å². The largest absolute Gasteiger partial charge is 0.396 e. The van der Waals surface area contributed by atoms with Crippen molar-refractivity contribution in [3.8, 4) is 6.07 Å². The first-order chi connectivity index (χ1) is 8.22. The number of anilines is 3. The van der Waals surface area contributed by atoms with Crippen molar-refractivity contribution in [2.75, 3.05) is 11.1 Å². The highest BCUT2D eigenvalue weighted by Crippen LogP contribution is 2.32. The molecule has 4 heteroatoms. The van der Waals surface area contributed by atoms with Crippen LogP contribution >= 0.6 is 11.6 Å². The van der Waals surface area contributed by atoms with Crippen LogP contribution in [0, 0.1) is 11.3 Å². The van der Waals surface area contributed by atoms with Gasteiger partial charge >= 0.3 is 0 Å². The molecule has 0 atom stereocenters. The van der Waals surface area contributed by atoms with Gasteiger partial charge in [0.1, 0.15) is 6.07 Å². The molecule has 0 saturated carbocycles. The summed E-state index contributed by atoms with van der Waals surface area (Å²) in [6.45, 7) is 0. The molecule has 0 spiro atoms. The van der Waals surface area contributed by atoms with Crippen molar-refractivity contribution in [2.45, 2.75) is 0 Å². The monoisotopic (exact) mass is 243 g/mol. The van der Waals surface area contributed by atoms with Gasteiger partial charge in [-0.3, -0.25) is 0 Å². The predicted molar refractivity (Wildman–Crippen MR) is 70.3 cm³/mol. The van der Waals surface area contributed by atoms with Gasteiger partial charge in [0, 0.05) is 5.69 Å². The van der Waals surface area contributed by atoms with Crippen LogP contribution in [0.3, 0.4) is 0 Å². The summed E-state index contributed by atoms with van der Waals surface area (Å²) in [4.78, 5) is 0. The molecule has 0 unspecified atom stereocenters. The van der Waals surface area contributed by atoms with Crippen LogP contribution in [0.1, 0.15) is 5.56 Å². The van der Waals surface area contributed by atoms with Crippen LogP contribution in [0.2, 0.25) is 5.02 Å². The number of nitrogens with zero attached hydrogens (tertiary/aromatic N) is 1. The topological polar surface area (TPSA) is 61.8 Å². The Morgan fingerprint density at radius 2 is 1.82 bits per heavy atom. The number of nitrogens with two attached hydrogens (primary N) is 1. The van der Waals surface area contributed by atoms with Crippen molar-refractivity contribution in [3.05, 3.63) is 53.1 Å². The van der Waals surface area contributed by atoms with Crippen molar-refractivity contribution < 1.29 is 0 Å². The van der Waals surface area contributed by atoms with Gasteiger partial charge in [-0.25, -0.2) is 0 Å². The lowest BCUT2D eigenvalue weighted by Crippen LogP contribution is -1.98. The maximum atomic E-state index is 8.81. The molecule has 2 rings (SSSR count). The van der Waals surface area contributed by atoms with E-state index in [4.69, 9.17) is 22.6 Å². The van der Waals surface area contributed by atoms with Gasteiger partial charge in [-0.2, -0.15) is 5.26 Å². The molecule has 3 nitrogen and oxygen atoms in total. The van der Waals surface area contributed by atoms with Crippen LogP contribution in [0.4, 0.5) is 17.1 Å². The van der Waals surface area contributed by atoms with Gasteiger partial charge in [0.2, 0.25) is 0 Å². The fourth-order valence-corrected chi connectivity index (χ4v) is 1.67. The highest BCUT2D eigenvalue weighted by Gasteiger charge is 2.08. The van der Waals surface area contributed by atoms with E-state index in [-0.39, 0.29) is 5.02 Å². The van der Waals surface area contributed by atoms with Crippen LogP contribution in [-0.4, -0.2) is 0 Å². The Labute approximate surface area is 104 Å². The quantitative estimate of drug-likeness (QED) is 0.793. The average molecular weight is 244 g/mol. The van der Waals surface area contributed by atoms with Crippen molar-refractivity contribution in [3.63, 3.8) is 0 Å². The molecule has 0 aliphatic rings. The van der Waals surface area contributed by atoms with E-state index in [1.165, 1.54) is 0 Å². The maximum absolute atomic E-state index is 8.81. The van der Waals surface area contributed by atoms with E-state index >= 15 is 0 Å². The van der Waals surface area contributed by atoms with Crippen LogP contribution < -0.4 is 11.1 Å². The van der Waals surface area contributed by atoms with Gasteiger partial charge in [0.05, 0.1) is 22.0 Å². The Morgan fingerprint density at radius 3 is 2.47 bits per heavy atom. The van der Waals surface area contributed by atoms with Crippen LogP contribution in [0.25, 0.3) is 0 Å². The number of hydrogen-bond donors (Lipinski definition) is 2. The summed E-state index contributed by atoms with van der Waals surface area (Å²) >= 11 is 5.98. The molecule has 0 saturated heterocycles. The Hall–Kier alpha value is -2.18. The lowest BCUT2D eigenvalue weighted by molar-refractivity contribution is 1.47. The number of hydrogen-bond acceptors (Lipinski definition) is 3. The molecule has 84 valence electrons. The third-order valence-electron chi connectivity index (χ3n) is 2.35. The molecule has 2 aromatic rings. The molecule has 17 heavy (non-hydrogen) atoms. The molecule has 0 amide bonds. The lowest BCUT2D eigenvalue weighted by Gasteiger charge is -2.11. The molecule has 0 aliphatic heterocycles. The fourth-order valence-electron chi connectivity index (χ4n) is 1.47. The lowest BCUT2D eigenvalue weighted by atomic mass is 10.2. The van der Waals surface area contributed by atoms with Crippen LogP contribution in [0.5, 0.6) is 0 Å². The number of rotatable bonds is 2. The average Bonchev–Trinajstić information content (AvgIpc) is 2.37. The molecule has 0 aliphatic carbocycles. The van der Waals surface area contributed by atoms with E-state index in [2.05, 4.69) is 5.32 Å². The summed E-state index contributed by atoms with van der Waals surface area (Å²) in [5, 5.41) is 12.2. The van der Waals surface area contributed by atoms with Crippen molar-refractivity contribution >= 4 is 28.7 Å². The Balaban J connectivity index is 2.36. The normalized spacial score (nSPS) is 9.65. The highest BCUT2D eigenvalue weighted by atomic mass is 35.5. The molecule has 0 radical (unpaired) electrons. The third kappa shape index (κ3) is 2.32. The predicted octanol–water partition coefficient (Wildman–Crippen LogP) is 3.54. The number of halogens is 1. The molecule has 0 bridgehead atoms. The van der Waals surface area contributed by atoms with Gasteiger partial charge in [-0.1, -0.05) is 29.8 Å². The zero-order valence-corrected chi connectivity index (χ0v) is 9.70. The summed E-state index contributed by atoms with van der Waals surface area (Å²) in [6, 6.07) is 15.0. The second-order valence-electron chi connectivity index (χ2n) is 3.49. The molecular formula is C13H10ClN3. The first-order valence-corrected chi connectivity index (χ1v) is 5.40. The van der Waals surface area contributed by atoms with E-state index in [1.807, 2.05) is 36.4 Å². The minimum absolute atomic E-state index is 0.286. The van der Waals surface area contributed by atoms with Crippen molar-refractivity contribution in [1.29, 1.82) is 5.26 Å². The number of nitriles is 1. The minimum atomic E-state index is 0.286. The SMILES string of the molecule is N#Cc1ccc(Nc2ccccc2)c(N)c1Cl. The molecular weight excluding hydrogens is 234 g/mol. The Bertz CT molecular complexity index is 573. The van der Waals surface area contributed by atoms with Crippen molar-refractivity contribution in [2.24, 2.45) is 0 Å². The molecule has 0 fully saturated rings. The van der Waals surface area contributed by atoms with E-state index < -0.39 is 0 Å². The summed E-state index contributed by atoms with van der Waals surface area (Å²) in [5.41, 5.74) is 8.23. The Morgan fingerprint density at radius 1 is 1.12 bits per heavy atom. The second kappa shape index (κ2) is 4.77. The number of benzene rings is 2.